The third kappa shape index (κ3) is 10.8. The molecular formula is C23H46N2. The second kappa shape index (κ2) is 15.6. The van der Waals surface area contributed by atoms with Crippen LogP contribution in [0.1, 0.15) is 117 Å². The number of unbranched alkanes of at least 4 members (excludes halogenated alkanes) is 14. The summed E-state index contributed by atoms with van der Waals surface area (Å²) in [5.41, 5.74) is 0. The van der Waals surface area contributed by atoms with Crippen molar-refractivity contribution in [2.24, 2.45) is 0 Å². The Labute approximate surface area is 159 Å². The maximum atomic E-state index is 2.49. The summed E-state index contributed by atoms with van der Waals surface area (Å²) in [5, 5.41) is 0. The van der Waals surface area contributed by atoms with Gasteiger partial charge < -0.3 is 9.80 Å². The van der Waals surface area contributed by atoms with Crippen LogP contribution in [0.15, 0.2) is 12.4 Å². The van der Waals surface area contributed by atoms with Gasteiger partial charge in [0.05, 0.1) is 6.17 Å². The minimum atomic E-state index is 0.566. The lowest BCUT2D eigenvalue weighted by Crippen LogP contribution is -2.36. The fraction of sp³-hybridized carbons (Fsp3) is 0.913. The molecule has 1 aliphatic rings. The molecule has 0 aromatic carbocycles. The van der Waals surface area contributed by atoms with E-state index in [1.54, 1.807) is 0 Å². The van der Waals surface area contributed by atoms with E-state index >= 15 is 0 Å². The van der Waals surface area contributed by atoms with Crippen molar-refractivity contribution < 1.29 is 0 Å². The third-order valence-electron chi connectivity index (χ3n) is 5.79. The van der Waals surface area contributed by atoms with Gasteiger partial charge in [0.1, 0.15) is 0 Å². The van der Waals surface area contributed by atoms with Crippen molar-refractivity contribution in [2.75, 3.05) is 13.1 Å². The van der Waals surface area contributed by atoms with E-state index in [9.17, 15) is 0 Å². The Morgan fingerprint density at radius 2 is 0.960 bits per heavy atom. The zero-order valence-electron chi connectivity index (χ0n) is 17.6. The van der Waals surface area contributed by atoms with Gasteiger partial charge in [-0.2, -0.15) is 0 Å². The molecule has 0 N–H and O–H groups in total. The first-order valence-corrected chi connectivity index (χ1v) is 11.5. The molecule has 25 heavy (non-hydrogen) atoms. The molecule has 1 unspecified atom stereocenters. The van der Waals surface area contributed by atoms with Crippen LogP contribution in [-0.4, -0.2) is 29.1 Å². The van der Waals surface area contributed by atoms with Crippen molar-refractivity contribution in [2.45, 2.75) is 123 Å². The highest BCUT2D eigenvalue weighted by molar-refractivity contribution is 4.94. The highest BCUT2D eigenvalue weighted by Crippen LogP contribution is 2.17. The molecule has 0 aliphatic carbocycles. The maximum Gasteiger partial charge on any atom is 0.0977 e. The second-order valence-corrected chi connectivity index (χ2v) is 7.95. The molecule has 0 fully saturated rings. The van der Waals surface area contributed by atoms with Gasteiger partial charge in [-0.05, 0) is 20.3 Å². The fourth-order valence-electron chi connectivity index (χ4n) is 3.91. The molecule has 0 bridgehead atoms. The van der Waals surface area contributed by atoms with Crippen LogP contribution in [0, 0.1) is 0 Å². The molecule has 0 saturated carbocycles. The van der Waals surface area contributed by atoms with E-state index in [4.69, 9.17) is 0 Å². The standard InChI is InChI=1S/C23H46N2/c1-4-6-7-8-9-10-11-12-13-14-15-16-17-18-19-20-25-22-21-24(5-2)23(25)3/h21-23H,4-20H2,1-3H3. The third-order valence-corrected chi connectivity index (χ3v) is 5.79. The highest BCUT2D eigenvalue weighted by Gasteiger charge is 2.19. The summed E-state index contributed by atoms with van der Waals surface area (Å²) in [6.07, 6.45) is 26.7. The molecule has 1 rings (SSSR count). The largest absolute Gasteiger partial charge is 0.357 e. The molecule has 1 atom stereocenters. The second-order valence-electron chi connectivity index (χ2n) is 7.95. The molecule has 0 aromatic rings. The Morgan fingerprint density at radius 1 is 0.560 bits per heavy atom. The van der Waals surface area contributed by atoms with Gasteiger partial charge in [0.15, 0.2) is 0 Å². The van der Waals surface area contributed by atoms with Crippen molar-refractivity contribution in [1.29, 1.82) is 0 Å². The summed E-state index contributed by atoms with van der Waals surface area (Å²) in [7, 11) is 0. The molecule has 0 radical (unpaired) electrons. The highest BCUT2D eigenvalue weighted by atomic mass is 15.4. The van der Waals surface area contributed by atoms with E-state index in [1.165, 1.54) is 103 Å². The van der Waals surface area contributed by atoms with Gasteiger partial charge in [0.2, 0.25) is 0 Å². The van der Waals surface area contributed by atoms with Gasteiger partial charge >= 0.3 is 0 Å². The minimum absolute atomic E-state index is 0.566. The van der Waals surface area contributed by atoms with Crippen LogP contribution in [0.4, 0.5) is 0 Å². The van der Waals surface area contributed by atoms with E-state index in [1.807, 2.05) is 0 Å². The average molecular weight is 351 g/mol. The van der Waals surface area contributed by atoms with Gasteiger partial charge in [-0.25, -0.2) is 0 Å². The summed E-state index contributed by atoms with van der Waals surface area (Å²) < 4.78 is 0. The van der Waals surface area contributed by atoms with Crippen LogP contribution < -0.4 is 0 Å². The van der Waals surface area contributed by atoms with Gasteiger partial charge in [0.25, 0.3) is 0 Å². The number of rotatable bonds is 17. The first kappa shape index (κ1) is 22.4. The lowest BCUT2D eigenvalue weighted by atomic mass is 10.0. The van der Waals surface area contributed by atoms with E-state index < -0.39 is 0 Å². The van der Waals surface area contributed by atoms with Crippen LogP contribution >= 0.6 is 0 Å². The molecular weight excluding hydrogens is 304 g/mol. The van der Waals surface area contributed by atoms with Gasteiger partial charge in [-0.1, -0.05) is 96.8 Å². The molecule has 0 saturated heterocycles. The molecule has 1 aliphatic heterocycles. The zero-order chi connectivity index (χ0) is 18.2. The Bertz CT molecular complexity index is 313. The topological polar surface area (TPSA) is 6.48 Å². The summed E-state index contributed by atoms with van der Waals surface area (Å²) in [5.74, 6) is 0. The average Bonchev–Trinajstić information content (AvgIpc) is 2.98. The molecule has 0 amide bonds. The first-order chi connectivity index (χ1) is 12.3. The molecule has 148 valence electrons. The monoisotopic (exact) mass is 350 g/mol. The number of hydrogen-bond acceptors (Lipinski definition) is 2. The first-order valence-electron chi connectivity index (χ1n) is 11.5. The Balaban J connectivity index is 1.76. The summed E-state index contributed by atoms with van der Waals surface area (Å²) in [6, 6.07) is 0. The lowest BCUT2D eigenvalue weighted by Gasteiger charge is -2.28. The van der Waals surface area contributed by atoms with Crippen molar-refractivity contribution in [3.63, 3.8) is 0 Å². The van der Waals surface area contributed by atoms with Crippen molar-refractivity contribution in [3.8, 4) is 0 Å². The summed E-state index contributed by atoms with van der Waals surface area (Å²) >= 11 is 0. The van der Waals surface area contributed by atoms with E-state index in [-0.39, 0.29) is 0 Å². The van der Waals surface area contributed by atoms with Crippen LogP contribution in [0.3, 0.4) is 0 Å². The van der Waals surface area contributed by atoms with Crippen molar-refractivity contribution in [3.05, 3.63) is 12.4 Å². The van der Waals surface area contributed by atoms with Crippen LogP contribution in [0.2, 0.25) is 0 Å². The summed E-state index contributed by atoms with van der Waals surface area (Å²) in [6.45, 7) is 9.19. The van der Waals surface area contributed by atoms with Crippen LogP contribution in [0.5, 0.6) is 0 Å². The lowest BCUT2D eigenvalue weighted by molar-refractivity contribution is 0.173. The summed E-state index contributed by atoms with van der Waals surface area (Å²) in [4.78, 5) is 4.90. The molecule has 2 heteroatoms. The van der Waals surface area contributed by atoms with Gasteiger partial charge in [0, 0.05) is 25.5 Å². The van der Waals surface area contributed by atoms with Crippen molar-refractivity contribution in [1.82, 2.24) is 9.80 Å². The normalized spacial score (nSPS) is 17.0. The zero-order valence-corrected chi connectivity index (χ0v) is 17.6. The van der Waals surface area contributed by atoms with E-state index in [0.717, 1.165) is 6.54 Å². The minimum Gasteiger partial charge on any atom is -0.357 e. The molecule has 0 aromatic heterocycles. The quantitative estimate of drug-likeness (QED) is 0.254. The van der Waals surface area contributed by atoms with E-state index in [2.05, 4.69) is 43.0 Å². The predicted octanol–water partition coefficient (Wildman–Crippen LogP) is 7.31. The van der Waals surface area contributed by atoms with E-state index in [0.29, 0.717) is 6.17 Å². The Hall–Kier alpha value is -0.660. The van der Waals surface area contributed by atoms with Crippen LogP contribution in [0.25, 0.3) is 0 Å². The smallest absolute Gasteiger partial charge is 0.0977 e. The number of nitrogens with zero attached hydrogens (tertiary/aromatic N) is 2. The number of hydrogen-bond donors (Lipinski definition) is 0. The maximum absolute atomic E-state index is 2.49. The van der Waals surface area contributed by atoms with Gasteiger partial charge in [-0.15, -0.1) is 0 Å². The van der Waals surface area contributed by atoms with Crippen molar-refractivity contribution >= 4 is 0 Å². The van der Waals surface area contributed by atoms with Gasteiger partial charge in [-0.3, -0.25) is 0 Å². The Morgan fingerprint density at radius 3 is 1.36 bits per heavy atom. The Kier molecular flexibility index (Phi) is 14.0. The molecule has 2 nitrogen and oxygen atoms in total. The predicted molar refractivity (Wildman–Crippen MR) is 113 cm³/mol. The van der Waals surface area contributed by atoms with Crippen LogP contribution in [-0.2, 0) is 0 Å². The molecule has 0 spiro atoms. The SMILES string of the molecule is CCCCCCCCCCCCCCCCCN1C=CN(CC)C1C. The molecule has 1 heterocycles. The fourth-order valence-corrected chi connectivity index (χ4v) is 3.91.